The van der Waals surface area contributed by atoms with E-state index in [1.165, 1.54) is 28.8 Å². The lowest BCUT2D eigenvalue weighted by molar-refractivity contribution is 0.260. The van der Waals surface area contributed by atoms with Gasteiger partial charge in [-0.15, -0.1) is 0 Å². The van der Waals surface area contributed by atoms with E-state index in [1.54, 1.807) is 12.1 Å². The van der Waals surface area contributed by atoms with Crippen molar-refractivity contribution < 1.29 is 8.91 Å². The van der Waals surface area contributed by atoms with Crippen molar-refractivity contribution in [3.8, 4) is 11.4 Å². The molecule has 1 heterocycles. The van der Waals surface area contributed by atoms with Crippen LogP contribution in [0.1, 0.15) is 22.6 Å². The van der Waals surface area contributed by atoms with Crippen LogP contribution < -0.4 is 0 Å². The molecule has 5 heteroatoms. The second-order valence-corrected chi connectivity index (χ2v) is 6.12. The smallest absolute Gasteiger partial charge is 0.241 e. The lowest BCUT2D eigenvalue weighted by Gasteiger charge is -2.16. The van der Waals surface area contributed by atoms with Gasteiger partial charge in [0, 0.05) is 12.1 Å². The summed E-state index contributed by atoms with van der Waals surface area (Å²) in [5.74, 6) is 0.738. The molecule has 0 unspecified atom stereocenters. The summed E-state index contributed by atoms with van der Waals surface area (Å²) in [6.07, 6.45) is 0. The molecule has 0 radical (unpaired) electrons. The normalized spacial score (nSPS) is 11.2. The van der Waals surface area contributed by atoms with Gasteiger partial charge in [-0.25, -0.2) is 4.39 Å². The molecule has 4 nitrogen and oxygen atoms in total. The zero-order valence-corrected chi connectivity index (χ0v) is 14.1. The molecule has 2 aromatic carbocycles. The SMILES string of the molecule is Cc1ccc(CN(C)Cc2nc(-c3ccc(F)cc3)no2)c(C)c1. The van der Waals surface area contributed by atoms with Crippen LogP contribution in [-0.4, -0.2) is 22.1 Å². The Morgan fingerprint density at radius 1 is 1.04 bits per heavy atom. The second kappa shape index (κ2) is 6.93. The second-order valence-electron chi connectivity index (χ2n) is 6.12. The van der Waals surface area contributed by atoms with Gasteiger partial charge in [0.2, 0.25) is 11.7 Å². The Morgan fingerprint density at radius 2 is 1.79 bits per heavy atom. The number of nitrogens with zero attached hydrogens (tertiary/aromatic N) is 3. The van der Waals surface area contributed by atoms with Gasteiger partial charge in [-0.2, -0.15) is 4.98 Å². The Kier molecular flexibility index (Phi) is 4.71. The molecule has 1 aromatic heterocycles. The van der Waals surface area contributed by atoms with Crippen LogP contribution in [0.5, 0.6) is 0 Å². The van der Waals surface area contributed by atoms with Crippen molar-refractivity contribution in [1.82, 2.24) is 15.0 Å². The van der Waals surface area contributed by atoms with Crippen molar-refractivity contribution in [2.75, 3.05) is 7.05 Å². The van der Waals surface area contributed by atoms with Crippen LogP contribution in [0.15, 0.2) is 47.0 Å². The molecule has 124 valence electrons. The molecule has 0 fully saturated rings. The number of rotatable bonds is 5. The zero-order valence-electron chi connectivity index (χ0n) is 14.1. The van der Waals surface area contributed by atoms with Crippen molar-refractivity contribution in [3.63, 3.8) is 0 Å². The first-order chi connectivity index (χ1) is 11.5. The van der Waals surface area contributed by atoms with Gasteiger partial charge in [0.05, 0.1) is 6.54 Å². The number of hydrogen-bond acceptors (Lipinski definition) is 4. The first-order valence-corrected chi connectivity index (χ1v) is 7.84. The van der Waals surface area contributed by atoms with Crippen LogP contribution in [0.25, 0.3) is 11.4 Å². The Labute approximate surface area is 140 Å². The number of benzene rings is 2. The summed E-state index contributed by atoms with van der Waals surface area (Å²) in [5, 5.41) is 3.97. The Bertz CT molecular complexity index is 827. The van der Waals surface area contributed by atoms with E-state index in [4.69, 9.17) is 4.52 Å². The number of hydrogen-bond donors (Lipinski definition) is 0. The van der Waals surface area contributed by atoms with E-state index in [0.29, 0.717) is 18.3 Å². The Hall–Kier alpha value is -2.53. The van der Waals surface area contributed by atoms with Crippen LogP contribution >= 0.6 is 0 Å². The molecular weight excluding hydrogens is 305 g/mol. The molecule has 24 heavy (non-hydrogen) atoms. The summed E-state index contributed by atoms with van der Waals surface area (Å²) in [5.41, 5.74) is 4.56. The lowest BCUT2D eigenvalue weighted by atomic mass is 10.1. The van der Waals surface area contributed by atoms with E-state index < -0.39 is 0 Å². The van der Waals surface area contributed by atoms with E-state index in [-0.39, 0.29) is 5.82 Å². The average Bonchev–Trinajstić information content (AvgIpc) is 2.99. The molecule has 0 atom stereocenters. The van der Waals surface area contributed by atoms with E-state index in [2.05, 4.69) is 47.1 Å². The minimum absolute atomic E-state index is 0.282. The fourth-order valence-electron chi connectivity index (χ4n) is 2.64. The van der Waals surface area contributed by atoms with Gasteiger partial charge in [0.1, 0.15) is 5.82 Å². The van der Waals surface area contributed by atoms with Crippen molar-refractivity contribution in [2.45, 2.75) is 26.9 Å². The third-order valence-electron chi connectivity index (χ3n) is 3.91. The van der Waals surface area contributed by atoms with Crippen molar-refractivity contribution in [1.29, 1.82) is 0 Å². The molecule has 3 rings (SSSR count). The molecule has 0 N–H and O–H groups in total. The van der Waals surface area contributed by atoms with Crippen LogP contribution in [0, 0.1) is 19.7 Å². The molecule has 0 aliphatic rings. The molecule has 3 aromatic rings. The predicted octanol–water partition coefficient (Wildman–Crippen LogP) is 4.12. The molecule has 0 spiro atoms. The topological polar surface area (TPSA) is 42.2 Å². The fourth-order valence-corrected chi connectivity index (χ4v) is 2.64. The summed E-state index contributed by atoms with van der Waals surface area (Å²) in [7, 11) is 2.01. The van der Waals surface area contributed by atoms with Crippen LogP contribution in [-0.2, 0) is 13.1 Å². The highest BCUT2D eigenvalue weighted by Crippen LogP contribution is 2.18. The van der Waals surface area contributed by atoms with Gasteiger partial charge < -0.3 is 4.52 Å². The number of aryl methyl sites for hydroxylation is 2. The Morgan fingerprint density at radius 3 is 2.50 bits per heavy atom. The predicted molar refractivity (Wildman–Crippen MR) is 90.8 cm³/mol. The number of halogens is 1. The monoisotopic (exact) mass is 325 g/mol. The standard InChI is InChI=1S/C19H20FN3O/c1-13-4-5-16(14(2)10-13)11-23(3)12-18-21-19(22-24-18)15-6-8-17(20)9-7-15/h4-10H,11-12H2,1-3H3. The third-order valence-corrected chi connectivity index (χ3v) is 3.91. The molecule has 0 aliphatic heterocycles. The highest BCUT2D eigenvalue weighted by Gasteiger charge is 2.12. The lowest BCUT2D eigenvalue weighted by Crippen LogP contribution is -2.18. The molecule has 0 aliphatic carbocycles. The van der Waals surface area contributed by atoms with Crippen LogP contribution in [0.2, 0.25) is 0 Å². The van der Waals surface area contributed by atoms with Gasteiger partial charge in [-0.05, 0) is 56.3 Å². The molecular formula is C19H20FN3O. The fraction of sp³-hybridized carbons (Fsp3) is 0.263. The van der Waals surface area contributed by atoms with Gasteiger partial charge >= 0.3 is 0 Å². The summed E-state index contributed by atoms with van der Waals surface area (Å²) in [6.45, 7) is 5.58. The maximum atomic E-state index is 13.0. The van der Waals surface area contributed by atoms with Gasteiger partial charge in [-0.3, -0.25) is 4.90 Å². The first kappa shape index (κ1) is 16.3. The van der Waals surface area contributed by atoms with Gasteiger partial charge in [0.25, 0.3) is 0 Å². The summed E-state index contributed by atoms with van der Waals surface area (Å²) in [6, 6.07) is 12.5. The zero-order chi connectivity index (χ0) is 17.1. The van der Waals surface area contributed by atoms with E-state index in [0.717, 1.165) is 12.1 Å². The third kappa shape index (κ3) is 3.86. The minimum Gasteiger partial charge on any atom is -0.338 e. The Balaban J connectivity index is 1.66. The molecule has 0 amide bonds. The quantitative estimate of drug-likeness (QED) is 0.707. The first-order valence-electron chi connectivity index (χ1n) is 7.84. The summed E-state index contributed by atoms with van der Waals surface area (Å²) in [4.78, 5) is 6.51. The highest BCUT2D eigenvalue weighted by atomic mass is 19.1. The van der Waals surface area contributed by atoms with E-state index in [1.807, 2.05) is 7.05 Å². The van der Waals surface area contributed by atoms with E-state index in [9.17, 15) is 4.39 Å². The highest BCUT2D eigenvalue weighted by molar-refractivity contribution is 5.53. The minimum atomic E-state index is -0.282. The molecule has 0 bridgehead atoms. The average molecular weight is 325 g/mol. The number of aromatic nitrogens is 2. The summed E-state index contributed by atoms with van der Waals surface area (Å²) < 4.78 is 18.3. The van der Waals surface area contributed by atoms with Crippen molar-refractivity contribution in [3.05, 3.63) is 70.9 Å². The van der Waals surface area contributed by atoms with Crippen molar-refractivity contribution in [2.24, 2.45) is 0 Å². The molecule has 0 saturated carbocycles. The van der Waals surface area contributed by atoms with Crippen LogP contribution in [0.4, 0.5) is 4.39 Å². The van der Waals surface area contributed by atoms with Gasteiger partial charge in [-0.1, -0.05) is 28.9 Å². The summed E-state index contributed by atoms with van der Waals surface area (Å²) >= 11 is 0. The van der Waals surface area contributed by atoms with Gasteiger partial charge in [0.15, 0.2) is 0 Å². The van der Waals surface area contributed by atoms with Crippen LogP contribution in [0.3, 0.4) is 0 Å². The largest absolute Gasteiger partial charge is 0.338 e. The molecule has 0 saturated heterocycles. The van der Waals surface area contributed by atoms with E-state index >= 15 is 0 Å². The van der Waals surface area contributed by atoms with Crippen molar-refractivity contribution >= 4 is 0 Å². The maximum absolute atomic E-state index is 13.0. The maximum Gasteiger partial charge on any atom is 0.241 e.